The molecule has 1 heterocycles. The van der Waals surface area contributed by atoms with Crippen LogP contribution in [0.5, 0.6) is 0 Å². The zero-order valence-electron chi connectivity index (χ0n) is 13.2. The van der Waals surface area contributed by atoms with Crippen LogP contribution >= 0.6 is 11.6 Å². The van der Waals surface area contributed by atoms with E-state index in [1.165, 1.54) is 16.4 Å². The molecule has 1 amide bonds. The van der Waals surface area contributed by atoms with E-state index in [0.29, 0.717) is 18.7 Å². The predicted molar refractivity (Wildman–Crippen MR) is 90.4 cm³/mol. The maximum Gasteiger partial charge on any atom is 0.252 e. The van der Waals surface area contributed by atoms with Crippen molar-refractivity contribution in [3.05, 3.63) is 28.8 Å². The first-order valence-corrected chi connectivity index (χ1v) is 9.39. The summed E-state index contributed by atoms with van der Waals surface area (Å²) in [5.41, 5.74) is -0.424. The van der Waals surface area contributed by atoms with E-state index in [4.69, 9.17) is 11.6 Å². The Balaban J connectivity index is 2.27. The second kappa shape index (κ2) is 6.67. The molecule has 0 radical (unpaired) electrons. The molecule has 0 aromatic heterocycles. The van der Waals surface area contributed by atoms with E-state index in [-0.39, 0.29) is 22.9 Å². The predicted octanol–water partition coefficient (Wildman–Crippen LogP) is 1.77. The Bertz CT molecular complexity index is 698. The Kier molecular flexibility index (Phi) is 5.23. The van der Waals surface area contributed by atoms with Gasteiger partial charge in [-0.05, 0) is 44.9 Å². The minimum atomic E-state index is -3.35. The minimum absolute atomic E-state index is 0.0639. The fourth-order valence-corrected chi connectivity index (χ4v) is 4.15. The third kappa shape index (κ3) is 4.59. The third-order valence-electron chi connectivity index (χ3n) is 3.51. The molecule has 23 heavy (non-hydrogen) atoms. The quantitative estimate of drug-likeness (QED) is 0.856. The van der Waals surface area contributed by atoms with Crippen LogP contribution in [-0.4, -0.2) is 43.9 Å². The highest BCUT2D eigenvalue weighted by Gasteiger charge is 2.27. The van der Waals surface area contributed by atoms with Crippen molar-refractivity contribution in [2.75, 3.05) is 23.1 Å². The van der Waals surface area contributed by atoms with Crippen LogP contribution < -0.4 is 9.62 Å². The summed E-state index contributed by atoms with van der Waals surface area (Å²) >= 11 is 6.06. The van der Waals surface area contributed by atoms with Crippen molar-refractivity contribution in [3.63, 3.8) is 0 Å². The van der Waals surface area contributed by atoms with E-state index in [0.717, 1.165) is 6.42 Å². The van der Waals surface area contributed by atoms with Gasteiger partial charge in [-0.3, -0.25) is 9.10 Å². The maximum absolute atomic E-state index is 12.2. The van der Waals surface area contributed by atoms with Gasteiger partial charge >= 0.3 is 0 Å². The van der Waals surface area contributed by atoms with Crippen molar-refractivity contribution in [3.8, 4) is 0 Å². The highest BCUT2D eigenvalue weighted by molar-refractivity contribution is 7.92. The van der Waals surface area contributed by atoms with Gasteiger partial charge in [-0.25, -0.2) is 8.42 Å². The highest BCUT2D eigenvalue weighted by Crippen LogP contribution is 2.28. The highest BCUT2D eigenvalue weighted by atomic mass is 35.5. The summed E-state index contributed by atoms with van der Waals surface area (Å²) in [5.74, 6) is -0.344. The number of benzene rings is 1. The number of carbonyl (C=O) groups excluding carboxylic acids is 1. The number of halogens is 1. The van der Waals surface area contributed by atoms with E-state index >= 15 is 0 Å². The molecular formula is C15H21ClN2O4S. The first-order chi connectivity index (χ1) is 10.6. The second-order valence-corrected chi connectivity index (χ2v) is 8.67. The lowest BCUT2D eigenvalue weighted by molar-refractivity contribution is 0.0694. The molecule has 1 aliphatic heterocycles. The van der Waals surface area contributed by atoms with E-state index in [2.05, 4.69) is 5.32 Å². The van der Waals surface area contributed by atoms with Gasteiger partial charge in [0.25, 0.3) is 5.91 Å². The van der Waals surface area contributed by atoms with Gasteiger partial charge in [0.15, 0.2) is 0 Å². The summed E-state index contributed by atoms with van der Waals surface area (Å²) in [4.78, 5) is 12.2. The van der Waals surface area contributed by atoms with Crippen LogP contribution in [0.1, 0.15) is 37.0 Å². The van der Waals surface area contributed by atoms with Gasteiger partial charge in [-0.15, -0.1) is 0 Å². The number of sulfonamides is 1. The summed E-state index contributed by atoms with van der Waals surface area (Å²) in [6.45, 7) is 3.61. The Hall–Kier alpha value is -1.31. The van der Waals surface area contributed by atoms with Gasteiger partial charge in [0.2, 0.25) is 10.0 Å². The lowest BCUT2D eigenvalue weighted by atomic mass is 10.1. The van der Waals surface area contributed by atoms with E-state index in [9.17, 15) is 18.3 Å². The average Bonchev–Trinajstić information content (AvgIpc) is 2.44. The molecule has 0 spiro atoms. The Labute approximate surface area is 141 Å². The largest absolute Gasteiger partial charge is 0.389 e. The van der Waals surface area contributed by atoms with Gasteiger partial charge in [-0.2, -0.15) is 0 Å². The van der Waals surface area contributed by atoms with Crippen LogP contribution in [0.15, 0.2) is 18.2 Å². The molecule has 8 heteroatoms. The molecule has 1 saturated heterocycles. The van der Waals surface area contributed by atoms with E-state index < -0.39 is 21.5 Å². The van der Waals surface area contributed by atoms with Crippen molar-refractivity contribution >= 4 is 33.2 Å². The number of rotatable bonds is 4. The summed E-state index contributed by atoms with van der Waals surface area (Å²) in [7, 11) is -3.35. The van der Waals surface area contributed by atoms with Crippen LogP contribution in [0.4, 0.5) is 5.69 Å². The Morgan fingerprint density at radius 2 is 2.09 bits per heavy atom. The Morgan fingerprint density at radius 1 is 1.39 bits per heavy atom. The standard InChI is InChI=1S/C15H21ClN2O4S/c1-15(2,20)10-17-14(19)12-9-11(5-6-13(12)16)18-7-3-4-8-23(18,21)22/h5-6,9,20H,3-4,7-8,10H2,1-2H3,(H,17,19). The van der Waals surface area contributed by atoms with Gasteiger partial charge in [0.1, 0.15) is 0 Å². The molecule has 0 unspecified atom stereocenters. The molecule has 0 aliphatic carbocycles. The maximum atomic E-state index is 12.2. The number of nitrogens with zero attached hydrogens (tertiary/aromatic N) is 1. The third-order valence-corrected chi connectivity index (χ3v) is 5.71. The monoisotopic (exact) mass is 360 g/mol. The van der Waals surface area contributed by atoms with E-state index in [1.54, 1.807) is 19.9 Å². The lowest BCUT2D eigenvalue weighted by Gasteiger charge is -2.28. The number of carbonyl (C=O) groups is 1. The molecule has 0 bridgehead atoms. The van der Waals surface area contributed by atoms with Crippen molar-refractivity contribution in [1.29, 1.82) is 0 Å². The zero-order valence-corrected chi connectivity index (χ0v) is 14.7. The molecule has 128 valence electrons. The fourth-order valence-electron chi connectivity index (χ4n) is 2.31. The van der Waals surface area contributed by atoms with Gasteiger partial charge in [-0.1, -0.05) is 11.6 Å². The number of amides is 1. The molecule has 2 rings (SSSR count). The summed E-state index contributed by atoms with van der Waals surface area (Å²) in [6, 6.07) is 4.59. The normalized spacial score (nSPS) is 17.8. The molecule has 2 N–H and O–H groups in total. The van der Waals surface area contributed by atoms with Crippen LogP contribution in [0.3, 0.4) is 0 Å². The van der Waals surface area contributed by atoms with Crippen molar-refractivity contribution in [1.82, 2.24) is 5.32 Å². The first-order valence-electron chi connectivity index (χ1n) is 7.41. The fraction of sp³-hybridized carbons (Fsp3) is 0.533. The van der Waals surface area contributed by atoms with Gasteiger partial charge in [0.05, 0.1) is 27.6 Å². The number of nitrogens with one attached hydrogen (secondary N) is 1. The molecule has 1 aromatic carbocycles. The molecule has 1 aromatic rings. The van der Waals surface area contributed by atoms with Crippen molar-refractivity contribution in [2.45, 2.75) is 32.3 Å². The van der Waals surface area contributed by atoms with Crippen LogP contribution in [0, 0.1) is 0 Å². The van der Waals surface area contributed by atoms with Crippen LogP contribution in [0.2, 0.25) is 5.02 Å². The van der Waals surface area contributed by atoms with Crippen molar-refractivity contribution < 1.29 is 18.3 Å². The average molecular weight is 361 g/mol. The summed E-state index contributed by atoms with van der Waals surface area (Å²) in [6.07, 6.45) is 1.42. The number of aliphatic hydroxyl groups is 1. The first kappa shape index (κ1) is 18.0. The minimum Gasteiger partial charge on any atom is -0.389 e. The number of hydrogen-bond acceptors (Lipinski definition) is 4. The van der Waals surface area contributed by atoms with Crippen molar-refractivity contribution in [2.24, 2.45) is 0 Å². The number of hydrogen-bond donors (Lipinski definition) is 2. The Morgan fingerprint density at radius 3 is 2.70 bits per heavy atom. The number of anilines is 1. The molecule has 0 atom stereocenters. The molecule has 1 aliphatic rings. The lowest BCUT2D eigenvalue weighted by Crippen LogP contribution is -2.39. The zero-order chi connectivity index (χ0) is 17.3. The molecule has 0 saturated carbocycles. The van der Waals surface area contributed by atoms with E-state index in [1.807, 2.05) is 0 Å². The smallest absolute Gasteiger partial charge is 0.252 e. The molecule has 6 nitrogen and oxygen atoms in total. The van der Waals surface area contributed by atoms with Gasteiger partial charge in [0, 0.05) is 13.1 Å². The SMILES string of the molecule is CC(C)(O)CNC(=O)c1cc(N2CCCCS2(=O)=O)ccc1Cl. The molecule has 1 fully saturated rings. The molecular weight excluding hydrogens is 340 g/mol. The van der Waals surface area contributed by atoms with Gasteiger partial charge < -0.3 is 10.4 Å². The van der Waals surface area contributed by atoms with Crippen LogP contribution in [-0.2, 0) is 10.0 Å². The second-order valence-electron chi connectivity index (χ2n) is 6.25. The van der Waals surface area contributed by atoms with Crippen LogP contribution in [0.25, 0.3) is 0 Å². The summed E-state index contributed by atoms with van der Waals surface area (Å²) in [5, 5.41) is 12.5. The topological polar surface area (TPSA) is 86.7 Å². The summed E-state index contributed by atoms with van der Waals surface area (Å²) < 4.78 is 25.6.